The molecule has 0 aromatic heterocycles. The second-order valence-corrected chi connectivity index (χ2v) is 4.56. The van der Waals surface area contributed by atoms with E-state index in [9.17, 15) is 5.11 Å². The smallest absolute Gasteiger partial charge is 0.119 e. The molecule has 0 saturated carbocycles. The fourth-order valence-corrected chi connectivity index (χ4v) is 1.79. The summed E-state index contributed by atoms with van der Waals surface area (Å²) in [6.45, 7) is 4.89. The van der Waals surface area contributed by atoms with Crippen molar-refractivity contribution in [2.24, 2.45) is 0 Å². The van der Waals surface area contributed by atoms with Crippen molar-refractivity contribution in [1.82, 2.24) is 0 Å². The Morgan fingerprint density at radius 3 is 2.47 bits per heavy atom. The van der Waals surface area contributed by atoms with Crippen molar-refractivity contribution in [1.29, 1.82) is 0 Å². The van der Waals surface area contributed by atoms with Crippen molar-refractivity contribution in [3.63, 3.8) is 0 Å². The van der Waals surface area contributed by atoms with Crippen LogP contribution in [0.4, 0.5) is 0 Å². The molecule has 0 spiro atoms. The van der Waals surface area contributed by atoms with Crippen LogP contribution in [-0.4, -0.2) is 11.7 Å². The first-order chi connectivity index (χ1) is 8.24. The van der Waals surface area contributed by atoms with Crippen LogP contribution >= 0.6 is 0 Å². The SMILES string of the molecule is CCCCCCCCOc1ccc(O)c(C)c1. The molecular formula is C15H24O2. The summed E-state index contributed by atoms with van der Waals surface area (Å²) >= 11 is 0. The molecule has 0 saturated heterocycles. The van der Waals surface area contributed by atoms with Crippen molar-refractivity contribution >= 4 is 0 Å². The van der Waals surface area contributed by atoms with Crippen LogP contribution in [0.2, 0.25) is 0 Å². The molecule has 2 nitrogen and oxygen atoms in total. The Morgan fingerprint density at radius 1 is 1.06 bits per heavy atom. The molecule has 1 rings (SSSR count). The summed E-state index contributed by atoms with van der Waals surface area (Å²) in [5, 5.41) is 9.38. The summed E-state index contributed by atoms with van der Waals surface area (Å²) in [6.07, 6.45) is 7.66. The third-order valence-electron chi connectivity index (χ3n) is 2.93. The van der Waals surface area contributed by atoms with E-state index in [0.29, 0.717) is 5.75 Å². The molecule has 1 aromatic rings. The minimum Gasteiger partial charge on any atom is -0.508 e. The van der Waals surface area contributed by atoms with Crippen molar-refractivity contribution < 1.29 is 9.84 Å². The third kappa shape index (κ3) is 5.62. The van der Waals surface area contributed by atoms with Gasteiger partial charge in [0.1, 0.15) is 11.5 Å². The number of ether oxygens (including phenoxy) is 1. The van der Waals surface area contributed by atoms with Crippen molar-refractivity contribution in [2.75, 3.05) is 6.61 Å². The van der Waals surface area contributed by atoms with Gasteiger partial charge in [0.15, 0.2) is 0 Å². The maximum atomic E-state index is 9.38. The van der Waals surface area contributed by atoms with Crippen molar-refractivity contribution in [2.45, 2.75) is 52.4 Å². The van der Waals surface area contributed by atoms with Gasteiger partial charge < -0.3 is 9.84 Å². The van der Waals surface area contributed by atoms with Crippen LogP contribution in [0, 0.1) is 6.92 Å². The van der Waals surface area contributed by atoms with Crippen LogP contribution in [0.15, 0.2) is 18.2 Å². The molecule has 2 heteroatoms. The summed E-state index contributed by atoms with van der Waals surface area (Å²) < 4.78 is 5.64. The first-order valence-corrected chi connectivity index (χ1v) is 6.66. The van der Waals surface area contributed by atoms with Gasteiger partial charge >= 0.3 is 0 Å². The number of phenols is 1. The first kappa shape index (κ1) is 13.9. The van der Waals surface area contributed by atoms with E-state index in [4.69, 9.17) is 4.74 Å². The molecule has 0 radical (unpaired) electrons. The number of aromatic hydroxyl groups is 1. The third-order valence-corrected chi connectivity index (χ3v) is 2.93. The normalized spacial score (nSPS) is 10.5. The van der Waals surface area contributed by atoms with Gasteiger partial charge in [0.2, 0.25) is 0 Å². The molecule has 0 aliphatic heterocycles. The zero-order valence-electron chi connectivity index (χ0n) is 11.0. The minimum absolute atomic E-state index is 0.330. The number of phenolic OH excluding ortho intramolecular Hbond substituents is 1. The zero-order chi connectivity index (χ0) is 12.5. The van der Waals surface area contributed by atoms with E-state index < -0.39 is 0 Å². The highest BCUT2D eigenvalue weighted by atomic mass is 16.5. The lowest BCUT2D eigenvalue weighted by Crippen LogP contribution is -1.97. The quantitative estimate of drug-likeness (QED) is 0.676. The molecular weight excluding hydrogens is 212 g/mol. The van der Waals surface area contributed by atoms with E-state index in [1.54, 1.807) is 6.07 Å². The molecule has 0 aliphatic carbocycles. The van der Waals surface area contributed by atoms with Crippen LogP contribution in [-0.2, 0) is 0 Å². The van der Waals surface area contributed by atoms with Gasteiger partial charge in [0.25, 0.3) is 0 Å². The largest absolute Gasteiger partial charge is 0.508 e. The Hall–Kier alpha value is -1.18. The van der Waals surface area contributed by atoms with Gasteiger partial charge in [-0.15, -0.1) is 0 Å². The Bertz CT molecular complexity index is 321. The molecule has 0 atom stereocenters. The van der Waals surface area contributed by atoms with Crippen molar-refractivity contribution in [3.8, 4) is 11.5 Å². The van der Waals surface area contributed by atoms with Gasteiger partial charge in [-0.05, 0) is 37.1 Å². The molecule has 0 heterocycles. The summed E-state index contributed by atoms with van der Waals surface area (Å²) in [5.41, 5.74) is 0.866. The Labute approximate surface area is 105 Å². The molecule has 17 heavy (non-hydrogen) atoms. The monoisotopic (exact) mass is 236 g/mol. The number of rotatable bonds is 8. The Kier molecular flexibility index (Phi) is 6.53. The lowest BCUT2D eigenvalue weighted by molar-refractivity contribution is 0.303. The predicted octanol–water partition coefficient (Wildman–Crippen LogP) is 4.44. The molecule has 0 aliphatic rings. The van der Waals surface area contributed by atoms with Crippen LogP contribution in [0.3, 0.4) is 0 Å². The van der Waals surface area contributed by atoms with Gasteiger partial charge in [-0.25, -0.2) is 0 Å². The van der Waals surface area contributed by atoms with E-state index in [1.807, 2.05) is 19.1 Å². The van der Waals surface area contributed by atoms with Crippen molar-refractivity contribution in [3.05, 3.63) is 23.8 Å². The van der Waals surface area contributed by atoms with Crippen LogP contribution in [0.1, 0.15) is 51.0 Å². The number of hydrogen-bond acceptors (Lipinski definition) is 2. The molecule has 0 unspecified atom stereocenters. The molecule has 0 fully saturated rings. The van der Waals surface area contributed by atoms with Gasteiger partial charge in [0.05, 0.1) is 6.61 Å². The highest BCUT2D eigenvalue weighted by Crippen LogP contribution is 2.21. The van der Waals surface area contributed by atoms with E-state index >= 15 is 0 Å². The maximum absolute atomic E-state index is 9.38. The van der Waals surface area contributed by atoms with Gasteiger partial charge in [0, 0.05) is 0 Å². The Morgan fingerprint density at radius 2 is 1.76 bits per heavy atom. The van der Waals surface area contributed by atoms with Gasteiger partial charge in [-0.1, -0.05) is 39.0 Å². The average Bonchev–Trinajstić information content (AvgIpc) is 2.32. The highest BCUT2D eigenvalue weighted by molar-refractivity contribution is 5.38. The second-order valence-electron chi connectivity index (χ2n) is 4.56. The second kappa shape index (κ2) is 7.99. The molecule has 96 valence electrons. The van der Waals surface area contributed by atoms with Crippen LogP contribution in [0.25, 0.3) is 0 Å². The van der Waals surface area contributed by atoms with E-state index in [0.717, 1.165) is 24.3 Å². The summed E-state index contributed by atoms with van der Waals surface area (Å²) in [7, 11) is 0. The highest BCUT2D eigenvalue weighted by Gasteiger charge is 1.98. The number of benzene rings is 1. The lowest BCUT2D eigenvalue weighted by Gasteiger charge is -2.07. The van der Waals surface area contributed by atoms with Crippen LogP contribution in [0.5, 0.6) is 11.5 Å². The maximum Gasteiger partial charge on any atom is 0.119 e. The summed E-state index contributed by atoms with van der Waals surface area (Å²) in [6, 6.07) is 5.39. The first-order valence-electron chi connectivity index (χ1n) is 6.66. The van der Waals surface area contributed by atoms with Gasteiger partial charge in [-0.2, -0.15) is 0 Å². The summed E-state index contributed by atoms with van der Waals surface area (Å²) in [4.78, 5) is 0. The van der Waals surface area contributed by atoms with Crippen LogP contribution < -0.4 is 4.74 Å². The topological polar surface area (TPSA) is 29.5 Å². The Balaban J connectivity index is 2.11. The fraction of sp³-hybridized carbons (Fsp3) is 0.600. The minimum atomic E-state index is 0.330. The standard InChI is InChI=1S/C15H24O2/c1-3-4-5-6-7-8-11-17-14-9-10-15(16)13(2)12-14/h9-10,12,16H,3-8,11H2,1-2H3. The van der Waals surface area contributed by atoms with E-state index in [-0.39, 0.29) is 0 Å². The molecule has 0 amide bonds. The van der Waals surface area contributed by atoms with E-state index in [2.05, 4.69) is 6.92 Å². The number of unbranched alkanes of at least 4 members (excludes halogenated alkanes) is 5. The number of hydrogen-bond donors (Lipinski definition) is 1. The molecule has 1 N–H and O–H groups in total. The zero-order valence-corrected chi connectivity index (χ0v) is 11.0. The molecule has 1 aromatic carbocycles. The van der Waals surface area contributed by atoms with E-state index in [1.165, 1.54) is 32.1 Å². The van der Waals surface area contributed by atoms with Gasteiger partial charge in [-0.3, -0.25) is 0 Å². The predicted molar refractivity (Wildman–Crippen MR) is 71.7 cm³/mol. The number of aryl methyl sites for hydroxylation is 1. The fourth-order valence-electron chi connectivity index (χ4n) is 1.79. The lowest BCUT2D eigenvalue weighted by atomic mass is 10.1. The average molecular weight is 236 g/mol. The summed E-state index contributed by atoms with van der Waals surface area (Å²) in [5.74, 6) is 1.19. The molecule has 0 bridgehead atoms.